The molecule has 0 aliphatic heterocycles. The molecule has 0 fully saturated rings. The first-order chi connectivity index (χ1) is 13.5. The Kier molecular flexibility index (Phi) is 6.02. The Morgan fingerprint density at radius 2 is 2.18 bits per heavy atom. The molecule has 0 aliphatic carbocycles. The van der Waals surface area contributed by atoms with Crippen LogP contribution in [0.5, 0.6) is 0 Å². The van der Waals surface area contributed by atoms with Crippen molar-refractivity contribution in [3.8, 4) is 0 Å². The van der Waals surface area contributed by atoms with Crippen molar-refractivity contribution in [3.63, 3.8) is 0 Å². The van der Waals surface area contributed by atoms with Crippen LogP contribution in [0, 0.1) is 5.82 Å². The zero-order chi connectivity index (χ0) is 20.1. The van der Waals surface area contributed by atoms with Gasteiger partial charge in [-0.05, 0) is 12.1 Å². The van der Waals surface area contributed by atoms with Gasteiger partial charge in [0.1, 0.15) is 11.6 Å². The van der Waals surface area contributed by atoms with Gasteiger partial charge in [0.05, 0.1) is 30.6 Å². The molecule has 0 unspecified atom stereocenters. The largest absolute Gasteiger partial charge is 0.394 e. The predicted octanol–water partition coefficient (Wildman–Crippen LogP) is 1.91. The van der Waals surface area contributed by atoms with E-state index in [1.165, 1.54) is 24.5 Å². The van der Waals surface area contributed by atoms with Gasteiger partial charge in [-0.1, -0.05) is 17.7 Å². The molecule has 3 rings (SSSR count). The Labute approximate surface area is 164 Å². The average Bonchev–Trinajstić information content (AvgIpc) is 3.08. The van der Waals surface area contributed by atoms with Gasteiger partial charge in [-0.3, -0.25) is 9.48 Å². The van der Waals surface area contributed by atoms with E-state index < -0.39 is 11.7 Å². The summed E-state index contributed by atoms with van der Waals surface area (Å²) in [7, 11) is 0. The lowest BCUT2D eigenvalue weighted by Crippen LogP contribution is -2.17. The summed E-state index contributed by atoms with van der Waals surface area (Å²) < 4.78 is 15.5. The number of halogens is 2. The van der Waals surface area contributed by atoms with Gasteiger partial charge < -0.3 is 21.5 Å². The van der Waals surface area contributed by atoms with Crippen molar-refractivity contribution >= 4 is 35.0 Å². The molecule has 2 aromatic heterocycles. The number of aliphatic hydroxyl groups is 1. The van der Waals surface area contributed by atoms with Crippen molar-refractivity contribution in [2.75, 3.05) is 17.2 Å². The highest BCUT2D eigenvalue weighted by molar-refractivity contribution is 6.31. The number of nitrogens with two attached hydrogens (primary N) is 1. The number of benzene rings is 1. The Hall–Kier alpha value is -3.24. The lowest BCUT2D eigenvalue weighted by atomic mass is 10.2. The summed E-state index contributed by atoms with van der Waals surface area (Å²) in [5.74, 6) is -0.906. The van der Waals surface area contributed by atoms with E-state index in [-0.39, 0.29) is 41.1 Å². The number of carbonyl (C=O) groups excluding carboxylic acids is 1. The molecule has 0 radical (unpaired) electrons. The topological polar surface area (TPSA) is 131 Å². The number of hydrogen-bond acceptors (Lipinski definition) is 7. The number of nitrogens with zero attached hydrogens (tertiary/aromatic N) is 4. The van der Waals surface area contributed by atoms with Crippen LogP contribution in [-0.4, -0.2) is 37.4 Å². The molecule has 11 heteroatoms. The quantitative estimate of drug-likeness (QED) is 0.450. The molecule has 0 bridgehead atoms. The van der Waals surface area contributed by atoms with Crippen LogP contribution >= 0.6 is 11.6 Å². The summed E-state index contributed by atoms with van der Waals surface area (Å²) in [4.78, 5) is 19.9. The summed E-state index contributed by atoms with van der Waals surface area (Å²) in [6.07, 6.45) is 4.46. The molecule has 0 saturated carbocycles. The Bertz CT molecular complexity index is 975. The zero-order valence-corrected chi connectivity index (χ0v) is 15.3. The maximum Gasteiger partial charge on any atom is 0.254 e. The van der Waals surface area contributed by atoms with Crippen molar-refractivity contribution in [2.24, 2.45) is 5.73 Å². The molecule has 2 heterocycles. The van der Waals surface area contributed by atoms with Crippen molar-refractivity contribution < 1.29 is 14.3 Å². The molecule has 0 spiro atoms. The number of primary amides is 1. The fraction of sp³-hybridized carbons (Fsp3) is 0.176. The van der Waals surface area contributed by atoms with Crippen molar-refractivity contribution in [3.05, 3.63) is 58.8 Å². The number of aliphatic hydroxyl groups excluding tert-OH is 1. The molecule has 5 N–H and O–H groups in total. The monoisotopic (exact) mass is 405 g/mol. The van der Waals surface area contributed by atoms with Crippen LogP contribution in [0.4, 0.5) is 21.8 Å². The standard InChI is InChI=1S/C17H17ClFN7O2/c18-13-2-1-3-14(19)11(13)7-21-16-12(15(20)28)8-22-17(25-16)24-10-6-23-26(9-10)4-5-27/h1-3,6,8-9,27H,4-5,7H2,(H2,20,28)(H2,21,22,24,25). The second kappa shape index (κ2) is 8.63. The normalized spacial score (nSPS) is 10.7. The van der Waals surface area contributed by atoms with Crippen LogP contribution in [-0.2, 0) is 13.1 Å². The van der Waals surface area contributed by atoms with E-state index in [4.69, 9.17) is 22.4 Å². The third-order valence-electron chi connectivity index (χ3n) is 3.77. The number of aromatic nitrogens is 4. The fourth-order valence-electron chi connectivity index (χ4n) is 2.41. The van der Waals surface area contributed by atoms with Gasteiger partial charge in [0.15, 0.2) is 0 Å². The minimum Gasteiger partial charge on any atom is -0.394 e. The first-order valence-electron chi connectivity index (χ1n) is 8.22. The molecule has 0 atom stereocenters. The maximum absolute atomic E-state index is 14.0. The van der Waals surface area contributed by atoms with Crippen LogP contribution in [0.2, 0.25) is 5.02 Å². The highest BCUT2D eigenvalue weighted by Gasteiger charge is 2.14. The van der Waals surface area contributed by atoms with Crippen LogP contribution < -0.4 is 16.4 Å². The summed E-state index contributed by atoms with van der Waals surface area (Å²) in [5, 5.41) is 19.0. The third-order valence-corrected chi connectivity index (χ3v) is 4.12. The van der Waals surface area contributed by atoms with Crippen molar-refractivity contribution in [2.45, 2.75) is 13.1 Å². The van der Waals surface area contributed by atoms with Gasteiger partial charge in [0, 0.05) is 29.5 Å². The van der Waals surface area contributed by atoms with Gasteiger partial charge >= 0.3 is 0 Å². The van der Waals surface area contributed by atoms with E-state index in [9.17, 15) is 9.18 Å². The average molecular weight is 406 g/mol. The molecule has 3 aromatic rings. The maximum atomic E-state index is 14.0. The molecule has 0 saturated heterocycles. The summed E-state index contributed by atoms with van der Waals surface area (Å²) >= 11 is 6.02. The molecule has 9 nitrogen and oxygen atoms in total. The lowest BCUT2D eigenvalue weighted by Gasteiger charge is -2.12. The molecule has 1 aromatic carbocycles. The van der Waals surface area contributed by atoms with Gasteiger partial charge in [-0.25, -0.2) is 9.37 Å². The van der Waals surface area contributed by atoms with Gasteiger partial charge in [-0.2, -0.15) is 10.1 Å². The number of nitrogens with one attached hydrogen (secondary N) is 2. The number of rotatable bonds is 8. The van der Waals surface area contributed by atoms with Gasteiger partial charge in [-0.15, -0.1) is 0 Å². The Balaban J connectivity index is 1.82. The molecule has 28 heavy (non-hydrogen) atoms. The van der Waals surface area contributed by atoms with E-state index in [2.05, 4.69) is 25.7 Å². The molecule has 146 valence electrons. The molecular weight excluding hydrogens is 389 g/mol. The van der Waals surface area contributed by atoms with E-state index in [1.54, 1.807) is 16.9 Å². The zero-order valence-electron chi connectivity index (χ0n) is 14.6. The van der Waals surface area contributed by atoms with Crippen LogP contribution in [0.1, 0.15) is 15.9 Å². The highest BCUT2D eigenvalue weighted by atomic mass is 35.5. The summed E-state index contributed by atoms with van der Waals surface area (Å²) in [6.45, 7) is 0.299. The smallest absolute Gasteiger partial charge is 0.254 e. The van der Waals surface area contributed by atoms with Crippen molar-refractivity contribution in [1.29, 1.82) is 0 Å². The van der Waals surface area contributed by atoms with Crippen LogP contribution in [0.15, 0.2) is 36.8 Å². The van der Waals surface area contributed by atoms with Crippen LogP contribution in [0.25, 0.3) is 0 Å². The summed E-state index contributed by atoms with van der Waals surface area (Å²) in [6, 6.07) is 4.35. The van der Waals surface area contributed by atoms with E-state index in [1.807, 2.05) is 0 Å². The third kappa shape index (κ3) is 4.53. The number of anilines is 3. The van der Waals surface area contributed by atoms with E-state index >= 15 is 0 Å². The molecule has 1 amide bonds. The number of carbonyl (C=O) groups is 1. The van der Waals surface area contributed by atoms with E-state index in [0.717, 1.165) is 0 Å². The Morgan fingerprint density at radius 3 is 2.89 bits per heavy atom. The number of amides is 1. The molecular formula is C17H17ClFN7O2. The minimum atomic E-state index is -0.732. The minimum absolute atomic E-state index is 0.00330. The van der Waals surface area contributed by atoms with Gasteiger partial charge in [0.25, 0.3) is 5.91 Å². The second-order valence-electron chi connectivity index (χ2n) is 5.71. The first-order valence-corrected chi connectivity index (χ1v) is 8.59. The fourth-order valence-corrected chi connectivity index (χ4v) is 2.64. The summed E-state index contributed by atoms with van der Waals surface area (Å²) in [5.41, 5.74) is 6.24. The lowest BCUT2D eigenvalue weighted by molar-refractivity contribution is 0.100. The highest BCUT2D eigenvalue weighted by Crippen LogP contribution is 2.22. The number of hydrogen-bond donors (Lipinski definition) is 4. The van der Waals surface area contributed by atoms with Crippen LogP contribution in [0.3, 0.4) is 0 Å². The SMILES string of the molecule is NC(=O)c1cnc(Nc2cnn(CCO)c2)nc1NCc1c(F)cccc1Cl. The molecule has 0 aliphatic rings. The van der Waals surface area contributed by atoms with E-state index in [0.29, 0.717) is 12.2 Å². The van der Waals surface area contributed by atoms with Crippen molar-refractivity contribution in [1.82, 2.24) is 19.7 Å². The van der Waals surface area contributed by atoms with Gasteiger partial charge in [0.2, 0.25) is 5.95 Å². The predicted molar refractivity (Wildman–Crippen MR) is 102 cm³/mol. The first kappa shape index (κ1) is 19.5. The Morgan fingerprint density at radius 1 is 1.36 bits per heavy atom. The second-order valence-corrected chi connectivity index (χ2v) is 6.12.